The lowest BCUT2D eigenvalue weighted by Crippen LogP contribution is -2.53. The number of carbonyl (C=O) groups excluding carboxylic acids is 2. The summed E-state index contributed by atoms with van der Waals surface area (Å²) in [5, 5.41) is 4.71. The molecule has 2 aromatic rings. The Labute approximate surface area is 197 Å². The van der Waals surface area contributed by atoms with Crippen molar-refractivity contribution >= 4 is 21.8 Å². The zero-order chi connectivity index (χ0) is 24.7. The maximum Gasteiger partial charge on any atom is 0.309 e. The van der Waals surface area contributed by atoms with E-state index >= 15 is 0 Å². The minimum absolute atomic E-state index is 0.0328. The molecule has 0 bridgehead atoms. The second-order valence-corrected chi connectivity index (χ2v) is 9.19. The van der Waals surface area contributed by atoms with Crippen LogP contribution in [-0.4, -0.2) is 64.7 Å². The van der Waals surface area contributed by atoms with Gasteiger partial charge in [-0.3, -0.25) is 9.59 Å². The molecule has 0 spiro atoms. The van der Waals surface area contributed by atoms with Gasteiger partial charge in [0.25, 0.3) is 0 Å². The average Bonchev–Trinajstić information content (AvgIpc) is 2.86. The lowest BCUT2D eigenvalue weighted by Gasteiger charge is -2.34. The van der Waals surface area contributed by atoms with Crippen molar-refractivity contribution in [1.29, 1.82) is 0 Å². The fraction of sp³-hybridized carbons (Fsp3) is 0.364. The third-order valence-corrected chi connectivity index (χ3v) is 7.04. The van der Waals surface area contributed by atoms with E-state index in [1.54, 1.807) is 6.07 Å². The van der Waals surface area contributed by atoms with Crippen molar-refractivity contribution in [2.45, 2.75) is 24.1 Å². The Morgan fingerprint density at radius 1 is 1.09 bits per heavy atom. The molecular formula is C22H26FN3O7S. The Hall–Kier alpha value is -3.22. The number of hydrogen-bond acceptors (Lipinski definition) is 7. The van der Waals surface area contributed by atoms with Crippen LogP contribution in [0.4, 0.5) is 4.39 Å². The maximum atomic E-state index is 13.7. The summed E-state index contributed by atoms with van der Waals surface area (Å²) in [5.74, 6) is -1.85. The van der Waals surface area contributed by atoms with Crippen LogP contribution in [0, 0.1) is 5.82 Å². The number of sulfonamides is 1. The monoisotopic (exact) mass is 495 g/mol. The van der Waals surface area contributed by atoms with E-state index in [0.717, 1.165) is 4.31 Å². The van der Waals surface area contributed by atoms with E-state index in [1.807, 2.05) is 0 Å². The topological polar surface area (TPSA) is 123 Å². The van der Waals surface area contributed by atoms with Gasteiger partial charge in [0.2, 0.25) is 10.0 Å². The van der Waals surface area contributed by atoms with Gasteiger partial charge < -0.3 is 24.8 Å². The van der Waals surface area contributed by atoms with Gasteiger partial charge in [-0.2, -0.15) is 4.31 Å². The molecule has 0 unspecified atom stereocenters. The number of ether oxygens (including phenoxy) is 3. The number of hydrogen-bond donors (Lipinski definition) is 2. The van der Waals surface area contributed by atoms with Gasteiger partial charge in [0.05, 0.1) is 32.3 Å². The standard InChI is InChI=1S/C22H26FN3O7S/c1-31-18-9-8-16(12-19(18)32-2)34(29,30)26-10-5-11-33-20(26)14-25-22(28)21(27)24-13-15-6-3-4-7-17(15)23/h3-4,6-9,12,20H,5,10-11,13-14H2,1-2H3,(H,24,27)(H,25,28)/t20-/m1/s1. The summed E-state index contributed by atoms with van der Waals surface area (Å²) in [4.78, 5) is 24.3. The zero-order valence-corrected chi connectivity index (χ0v) is 19.6. The summed E-state index contributed by atoms with van der Waals surface area (Å²) in [6.45, 7) is 0.0335. The normalized spacial score (nSPS) is 16.5. The SMILES string of the molecule is COc1ccc(S(=O)(=O)N2CCCO[C@@H]2CNC(=O)C(=O)NCc2ccccc2F)cc1OC. The Morgan fingerprint density at radius 2 is 1.79 bits per heavy atom. The fourth-order valence-electron chi connectivity index (χ4n) is 3.37. The minimum atomic E-state index is -4.01. The molecule has 1 fully saturated rings. The Kier molecular flexibility index (Phi) is 8.42. The van der Waals surface area contributed by atoms with Crippen LogP contribution in [0.3, 0.4) is 0 Å². The van der Waals surface area contributed by atoms with Gasteiger partial charge >= 0.3 is 11.8 Å². The summed E-state index contributed by atoms with van der Waals surface area (Å²) >= 11 is 0. The van der Waals surface area contributed by atoms with Crippen LogP contribution in [0.1, 0.15) is 12.0 Å². The van der Waals surface area contributed by atoms with Crippen molar-refractivity contribution in [3.8, 4) is 11.5 Å². The number of carbonyl (C=O) groups is 2. The van der Waals surface area contributed by atoms with E-state index in [-0.39, 0.29) is 42.4 Å². The van der Waals surface area contributed by atoms with E-state index in [2.05, 4.69) is 10.6 Å². The first kappa shape index (κ1) is 25.4. The second kappa shape index (κ2) is 11.3. The molecule has 1 heterocycles. The third-order valence-electron chi connectivity index (χ3n) is 5.16. The smallest absolute Gasteiger partial charge is 0.309 e. The van der Waals surface area contributed by atoms with E-state index in [9.17, 15) is 22.4 Å². The molecule has 0 aliphatic carbocycles. The molecule has 1 aliphatic rings. The van der Waals surface area contributed by atoms with Gasteiger partial charge in [-0.05, 0) is 24.6 Å². The molecule has 0 aromatic heterocycles. The first-order valence-electron chi connectivity index (χ1n) is 10.4. The van der Waals surface area contributed by atoms with E-state index in [1.165, 1.54) is 50.6 Å². The van der Waals surface area contributed by atoms with Crippen molar-refractivity contribution in [3.05, 3.63) is 53.8 Å². The summed E-state index contributed by atoms with van der Waals surface area (Å²) in [5.41, 5.74) is 0.228. The van der Waals surface area contributed by atoms with Crippen molar-refractivity contribution in [1.82, 2.24) is 14.9 Å². The van der Waals surface area contributed by atoms with Crippen LogP contribution < -0.4 is 20.1 Å². The molecule has 10 nitrogen and oxygen atoms in total. The quantitative estimate of drug-likeness (QED) is 0.524. The van der Waals surface area contributed by atoms with E-state index in [0.29, 0.717) is 12.2 Å². The molecule has 1 atom stereocenters. The predicted octanol–water partition coefficient (Wildman–Crippen LogP) is 1.01. The number of nitrogens with one attached hydrogen (secondary N) is 2. The summed E-state index contributed by atoms with van der Waals surface area (Å²) in [6, 6.07) is 10.1. The summed E-state index contributed by atoms with van der Waals surface area (Å²) in [6.07, 6.45) is -0.560. The van der Waals surface area contributed by atoms with Crippen LogP contribution in [0.5, 0.6) is 11.5 Å². The first-order valence-corrected chi connectivity index (χ1v) is 11.9. The summed E-state index contributed by atoms with van der Waals surface area (Å²) < 4.78 is 57.2. The second-order valence-electron chi connectivity index (χ2n) is 7.30. The first-order chi connectivity index (χ1) is 16.3. The average molecular weight is 496 g/mol. The molecular weight excluding hydrogens is 469 g/mol. The Balaban J connectivity index is 1.65. The highest BCUT2D eigenvalue weighted by molar-refractivity contribution is 7.89. The number of amides is 2. The van der Waals surface area contributed by atoms with Crippen LogP contribution in [0.15, 0.2) is 47.4 Å². The van der Waals surface area contributed by atoms with Crippen LogP contribution in [-0.2, 0) is 30.9 Å². The molecule has 12 heteroatoms. The highest BCUT2D eigenvalue weighted by atomic mass is 32.2. The molecule has 2 amide bonds. The molecule has 184 valence electrons. The van der Waals surface area contributed by atoms with Crippen LogP contribution in [0.25, 0.3) is 0 Å². The van der Waals surface area contributed by atoms with Crippen molar-refractivity contribution in [3.63, 3.8) is 0 Å². The maximum absolute atomic E-state index is 13.7. The summed E-state index contributed by atoms with van der Waals surface area (Å²) in [7, 11) is -1.17. The van der Waals surface area contributed by atoms with Crippen molar-refractivity contribution in [2.24, 2.45) is 0 Å². The van der Waals surface area contributed by atoms with Gasteiger partial charge in [0.1, 0.15) is 12.0 Å². The van der Waals surface area contributed by atoms with Gasteiger partial charge in [0, 0.05) is 24.7 Å². The molecule has 3 rings (SSSR count). The van der Waals surface area contributed by atoms with E-state index in [4.69, 9.17) is 14.2 Å². The van der Waals surface area contributed by atoms with Gasteiger partial charge in [-0.25, -0.2) is 12.8 Å². The number of nitrogens with zero attached hydrogens (tertiary/aromatic N) is 1. The molecule has 2 N–H and O–H groups in total. The fourth-order valence-corrected chi connectivity index (χ4v) is 4.95. The molecule has 0 radical (unpaired) electrons. The minimum Gasteiger partial charge on any atom is -0.493 e. The Bertz CT molecular complexity index is 1140. The predicted molar refractivity (Wildman–Crippen MR) is 119 cm³/mol. The van der Waals surface area contributed by atoms with Crippen molar-refractivity contribution < 1.29 is 36.6 Å². The zero-order valence-electron chi connectivity index (χ0n) is 18.7. The highest BCUT2D eigenvalue weighted by Gasteiger charge is 2.35. The molecule has 0 saturated carbocycles. The van der Waals surface area contributed by atoms with Crippen LogP contribution in [0.2, 0.25) is 0 Å². The number of halogens is 1. The van der Waals surface area contributed by atoms with E-state index < -0.39 is 33.9 Å². The highest BCUT2D eigenvalue weighted by Crippen LogP contribution is 2.31. The van der Waals surface area contributed by atoms with Crippen LogP contribution >= 0.6 is 0 Å². The lowest BCUT2D eigenvalue weighted by molar-refractivity contribution is -0.140. The molecule has 34 heavy (non-hydrogen) atoms. The van der Waals surface area contributed by atoms with Crippen molar-refractivity contribution in [2.75, 3.05) is 33.9 Å². The lowest BCUT2D eigenvalue weighted by atomic mass is 10.2. The number of rotatable bonds is 8. The molecule has 1 aliphatic heterocycles. The largest absolute Gasteiger partial charge is 0.493 e. The number of benzene rings is 2. The molecule has 2 aromatic carbocycles. The number of methoxy groups -OCH3 is 2. The van der Waals surface area contributed by atoms with Gasteiger partial charge in [-0.1, -0.05) is 18.2 Å². The van der Waals surface area contributed by atoms with Gasteiger partial charge in [0.15, 0.2) is 11.5 Å². The Morgan fingerprint density at radius 3 is 2.50 bits per heavy atom. The third kappa shape index (κ3) is 5.82. The molecule has 1 saturated heterocycles. The van der Waals surface area contributed by atoms with Gasteiger partial charge in [-0.15, -0.1) is 0 Å².